The van der Waals surface area contributed by atoms with E-state index < -0.39 is 35.1 Å². The van der Waals surface area contributed by atoms with Crippen LogP contribution in [0.25, 0.3) is 0 Å². The SMILES string of the molecule is C[C@@]1(C(=O)O)CC(N2CCCOc3cc(F)c(F)cc32)CN1C(=O)C(c1ccccc1)c1ccccc1. The number of hydrogen-bond acceptors (Lipinski definition) is 4. The van der Waals surface area contributed by atoms with Crippen molar-refractivity contribution in [2.75, 3.05) is 24.6 Å². The Bertz CT molecular complexity index is 1260. The molecule has 2 atom stereocenters. The normalized spacial score (nSPS) is 21.4. The predicted octanol–water partition coefficient (Wildman–Crippen LogP) is 4.83. The van der Waals surface area contributed by atoms with E-state index in [1.807, 2.05) is 65.6 Å². The molecule has 0 bridgehead atoms. The van der Waals surface area contributed by atoms with Gasteiger partial charge in [-0.2, -0.15) is 0 Å². The Hall–Kier alpha value is -3.94. The Kier molecular flexibility index (Phi) is 6.58. The number of aliphatic carboxylic acids is 1. The Morgan fingerprint density at radius 2 is 1.59 bits per heavy atom. The van der Waals surface area contributed by atoms with Crippen LogP contribution in [0.2, 0.25) is 0 Å². The zero-order valence-corrected chi connectivity index (χ0v) is 20.4. The summed E-state index contributed by atoms with van der Waals surface area (Å²) in [5.41, 5.74) is 0.406. The van der Waals surface area contributed by atoms with Gasteiger partial charge in [-0.3, -0.25) is 4.79 Å². The molecule has 1 N–H and O–H groups in total. The standard InChI is InChI=1S/C29H28F2N2O4/c1-29(28(35)36)17-21(32-13-8-14-37-25-16-23(31)22(30)15-24(25)32)18-33(29)27(34)26(19-9-4-2-5-10-19)20-11-6-3-7-12-20/h2-7,9-12,15-16,21,26H,8,13-14,17-18H2,1H3,(H,35,36)/t21?,29-/m0/s1. The fourth-order valence-corrected chi connectivity index (χ4v) is 5.49. The van der Waals surface area contributed by atoms with Gasteiger partial charge in [0.25, 0.3) is 0 Å². The second-order valence-electron chi connectivity index (χ2n) is 9.77. The maximum Gasteiger partial charge on any atom is 0.329 e. The van der Waals surface area contributed by atoms with Crippen LogP contribution in [0.5, 0.6) is 5.75 Å². The van der Waals surface area contributed by atoms with Crippen molar-refractivity contribution in [3.8, 4) is 5.75 Å². The highest BCUT2D eigenvalue weighted by Gasteiger charge is 2.53. The van der Waals surface area contributed by atoms with E-state index in [0.717, 1.165) is 23.3 Å². The van der Waals surface area contributed by atoms with E-state index in [1.54, 1.807) is 6.92 Å². The van der Waals surface area contributed by atoms with Crippen LogP contribution in [-0.4, -0.2) is 53.2 Å². The highest BCUT2D eigenvalue weighted by atomic mass is 19.2. The second-order valence-corrected chi connectivity index (χ2v) is 9.77. The number of carboxylic acids is 1. The molecule has 0 spiro atoms. The Morgan fingerprint density at radius 3 is 2.19 bits per heavy atom. The zero-order chi connectivity index (χ0) is 26.2. The van der Waals surface area contributed by atoms with E-state index in [2.05, 4.69) is 0 Å². The van der Waals surface area contributed by atoms with Gasteiger partial charge in [0.05, 0.1) is 18.2 Å². The topological polar surface area (TPSA) is 70.1 Å². The summed E-state index contributed by atoms with van der Waals surface area (Å²) in [5.74, 6) is -3.92. The van der Waals surface area contributed by atoms with Crippen LogP contribution in [0.15, 0.2) is 72.8 Å². The Morgan fingerprint density at radius 1 is 1.00 bits per heavy atom. The molecule has 0 aliphatic carbocycles. The maximum absolute atomic E-state index is 14.3. The molecule has 1 saturated heterocycles. The number of halogens is 2. The monoisotopic (exact) mass is 506 g/mol. The minimum absolute atomic E-state index is 0.121. The molecule has 37 heavy (non-hydrogen) atoms. The van der Waals surface area contributed by atoms with Crippen molar-refractivity contribution in [1.29, 1.82) is 0 Å². The summed E-state index contributed by atoms with van der Waals surface area (Å²) in [5, 5.41) is 10.3. The molecule has 2 heterocycles. The lowest BCUT2D eigenvalue weighted by Gasteiger charge is -2.34. The molecule has 1 unspecified atom stereocenters. The lowest BCUT2D eigenvalue weighted by Crippen LogP contribution is -2.52. The first-order chi connectivity index (χ1) is 17.8. The molecule has 2 aliphatic rings. The quantitative estimate of drug-likeness (QED) is 0.537. The minimum Gasteiger partial charge on any atom is -0.491 e. The molecule has 0 aromatic heterocycles. The van der Waals surface area contributed by atoms with Gasteiger partial charge in [-0.05, 0) is 24.5 Å². The molecule has 0 saturated carbocycles. The number of amides is 1. The van der Waals surface area contributed by atoms with Gasteiger partial charge in [-0.25, -0.2) is 13.6 Å². The molecule has 2 aliphatic heterocycles. The van der Waals surface area contributed by atoms with E-state index in [-0.39, 0.29) is 24.6 Å². The summed E-state index contributed by atoms with van der Waals surface area (Å²) in [4.78, 5) is 30.1. The summed E-state index contributed by atoms with van der Waals surface area (Å²) in [6.45, 7) is 2.46. The molecule has 1 amide bonds. The van der Waals surface area contributed by atoms with Crippen LogP contribution in [0.1, 0.15) is 36.8 Å². The molecule has 0 radical (unpaired) electrons. The van der Waals surface area contributed by atoms with Crippen LogP contribution in [0, 0.1) is 11.6 Å². The number of ether oxygens (including phenoxy) is 1. The lowest BCUT2D eigenvalue weighted by atomic mass is 9.88. The average molecular weight is 507 g/mol. The minimum atomic E-state index is -1.49. The van der Waals surface area contributed by atoms with Crippen LogP contribution in [0.3, 0.4) is 0 Å². The average Bonchev–Trinajstić information content (AvgIpc) is 3.13. The smallest absolute Gasteiger partial charge is 0.329 e. The largest absolute Gasteiger partial charge is 0.491 e. The third kappa shape index (κ3) is 4.52. The first-order valence-electron chi connectivity index (χ1n) is 12.3. The van der Waals surface area contributed by atoms with Crippen molar-refractivity contribution in [1.82, 2.24) is 4.90 Å². The number of nitrogens with zero attached hydrogens (tertiary/aromatic N) is 2. The number of carbonyl (C=O) groups is 2. The van der Waals surface area contributed by atoms with Crippen molar-refractivity contribution in [3.63, 3.8) is 0 Å². The fraction of sp³-hybridized carbons (Fsp3) is 0.310. The number of hydrogen-bond donors (Lipinski definition) is 1. The first-order valence-corrected chi connectivity index (χ1v) is 12.3. The third-order valence-corrected chi connectivity index (χ3v) is 7.41. The molecule has 192 valence electrons. The summed E-state index contributed by atoms with van der Waals surface area (Å²) in [6, 6.07) is 20.3. The predicted molar refractivity (Wildman–Crippen MR) is 135 cm³/mol. The van der Waals surface area contributed by atoms with Gasteiger partial charge < -0.3 is 19.6 Å². The number of benzene rings is 3. The fourth-order valence-electron chi connectivity index (χ4n) is 5.49. The van der Waals surface area contributed by atoms with Crippen molar-refractivity contribution in [2.45, 2.75) is 37.3 Å². The van der Waals surface area contributed by atoms with Crippen molar-refractivity contribution in [2.24, 2.45) is 0 Å². The molecular weight excluding hydrogens is 478 g/mol. The number of carbonyl (C=O) groups excluding carboxylic acids is 1. The second kappa shape index (κ2) is 9.84. The number of carboxylic acid groups (broad SMARTS) is 1. The molecule has 1 fully saturated rings. The molecule has 6 nitrogen and oxygen atoms in total. The van der Waals surface area contributed by atoms with E-state index in [1.165, 1.54) is 4.90 Å². The van der Waals surface area contributed by atoms with Gasteiger partial charge in [-0.15, -0.1) is 0 Å². The molecule has 3 aromatic carbocycles. The summed E-state index contributed by atoms with van der Waals surface area (Å²) in [6.07, 6.45) is 0.714. The first kappa shape index (κ1) is 24.7. The van der Waals surface area contributed by atoms with Crippen LogP contribution >= 0.6 is 0 Å². The molecular formula is C29H28F2N2O4. The van der Waals surface area contributed by atoms with E-state index in [0.29, 0.717) is 25.3 Å². The van der Waals surface area contributed by atoms with Gasteiger partial charge in [0.2, 0.25) is 5.91 Å². The van der Waals surface area contributed by atoms with Gasteiger partial charge in [0.1, 0.15) is 11.3 Å². The van der Waals surface area contributed by atoms with Gasteiger partial charge in [-0.1, -0.05) is 60.7 Å². The Balaban J connectivity index is 1.54. The zero-order valence-electron chi connectivity index (χ0n) is 20.4. The van der Waals surface area contributed by atoms with Crippen LogP contribution in [0.4, 0.5) is 14.5 Å². The highest BCUT2D eigenvalue weighted by molar-refractivity contribution is 5.93. The van der Waals surface area contributed by atoms with E-state index in [9.17, 15) is 23.5 Å². The lowest BCUT2D eigenvalue weighted by molar-refractivity contribution is -0.155. The maximum atomic E-state index is 14.3. The summed E-state index contributed by atoms with van der Waals surface area (Å²) >= 11 is 0. The number of likely N-dealkylation sites (tertiary alicyclic amines) is 1. The number of rotatable bonds is 5. The van der Waals surface area contributed by atoms with Crippen molar-refractivity contribution in [3.05, 3.63) is 95.6 Å². The Labute approximate surface area is 214 Å². The van der Waals surface area contributed by atoms with Crippen LogP contribution in [-0.2, 0) is 9.59 Å². The van der Waals surface area contributed by atoms with Gasteiger partial charge in [0.15, 0.2) is 11.6 Å². The van der Waals surface area contributed by atoms with Gasteiger partial charge >= 0.3 is 5.97 Å². The molecule has 3 aromatic rings. The number of fused-ring (bicyclic) bond motifs is 1. The number of anilines is 1. The molecule has 5 rings (SSSR count). The van der Waals surface area contributed by atoms with E-state index >= 15 is 0 Å². The van der Waals surface area contributed by atoms with E-state index in [4.69, 9.17) is 4.74 Å². The third-order valence-electron chi connectivity index (χ3n) is 7.41. The highest BCUT2D eigenvalue weighted by Crippen LogP contribution is 2.41. The summed E-state index contributed by atoms with van der Waals surface area (Å²) < 4.78 is 33.9. The summed E-state index contributed by atoms with van der Waals surface area (Å²) in [7, 11) is 0. The molecule has 8 heteroatoms. The van der Waals surface area contributed by atoms with Crippen molar-refractivity contribution >= 4 is 17.6 Å². The van der Waals surface area contributed by atoms with Crippen molar-refractivity contribution < 1.29 is 28.2 Å². The van der Waals surface area contributed by atoms with Crippen LogP contribution < -0.4 is 9.64 Å². The van der Waals surface area contributed by atoms with Gasteiger partial charge in [0, 0.05) is 37.7 Å².